The van der Waals surface area contributed by atoms with E-state index in [2.05, 4.69) is 12.6 Å². The molecule has 1 aromatic heterocycles. The first-order chi connectivity index (χ1) is 9.90. The summed E-state index contributed by atoms with van der Waals surface area (Å²) >= 11 is 4.38. The minimum absolute atomic E-state index is 0.198. The maximum Gasteiger partial charge on any atom is 0.350 e. The van der Waals surface area contributed by atoms with Gasteiger partial charge in [-0.25, -0.2) is 4.79 Å². The lowest BCUT2D eigenvalue weighted by Crippen LogP contribution is -2.45. The molecule has 0 unspecified atom stereocenters. The van der Waals surface area contributed by atoms with Crippen molar-refractivity contribution in [2.45, 2.75) is 38.6 Å². The van der Waals surface area contributed by atoms with Gasteiger partial charge >= 0.3 is 16.9 Å². The molecule has 1 saturated carbocycles. The van der Waals surface area contributed by atoms with Gasteiger partial charge in [0, 0.05) is 13.6 Å². The Bertz CT molecular complexity index is 658. The molecule has 0 radical (unpaired) electrons. The maximum atomic E-state index is 12.2. The van der Waals surface area contributed by atoms with E-state index in [9.17, 15) is 19.7 Å². The van der Waals surface area contributed by atoms with Crippen molar-refractivity contribution < 1.29 is 4.92 Å². The van der Waals surface area contributed by atoms with Gasteiger partial charge < -0.3 is 0 Å². The Hall–Kier alpha value is -1.57. The molecule has 8 heteroatoms. The van der Waals surface area contributed by atoms with Crippen LogP contribution in [0.15, 0.2) is 15.8 Å². The Kier molecular flexibility index (Phi) is 4.55. The van der Waals surface area contributed by atoms with Gasteiger partial charge in [-0.3, -0.25) is 24.0 Å². The van der Waals surface area contributed by atoms with Crippen molar-refractivity contribution in [3.63, 3.8) is 0 Å². The van der Waals surface area contributed by atoms with Crippen LogP contribution in [0.2, 0.25) is 0 Å². The number of rotatable bonds is 4. The summed E-state index contributed by atoms with van der Waals surface area (Å²) in [7, 11) is 1.42. The molecule has 0 N–H and O–H groups in total. The standard InChI is InChI=1S/C13H19N3O4S/c1-14-7-10(16(19)20)11(17)15(12(14)18)8-13(9-21)5-3-2-4-6-13/h7,21H,2-6,8-9H2,1H3. The average Bonchev–Trinajstić information content (AvgIpc) is 2.48. The van der Waals surface area contributed by atoms with Crippen LogP contribution in [0.25, 0.3) is 0 Å². The monoisotopic (exact) mass is 313 g/mol. The summed E-state index contributed by atoms with van der Waals surface area (Å²) in [5.74, 6) is 0.561. The third-order valence-electron chi connectivity index (χ3n) is 4.25. The van der Waals surface area contributed by atoms with E-state index in [-0.39, 0.29) is 12.0 Å². The number of nitrogens with zero attached hydrogens (tertiary/aromatic N) is 3. The minimum atomic E-state index is -0.824. The predicted octanol–water partition coefficient (Wildman–Crippen LogP) is 1.34. The molecule has 0 amide bonds. The van der Waals surface area contributed by atoms with E-state index in [1.165, 1.54) is 7.05 Å². The quantitative estimate of drug-likeness (QED) is 0.516. The molecule has 1 fully saturated rings. The second-order valence-corrected chi connectivity index (χ2v) is 6.09. The van der Waals surface area contributed by atoms with Crippen molar-refractivity contribution in [2.75, 3.05) is 5.75 Å². The fourth-order valence-electron chi connectivity index (χ4n) is 2.98. The molecule has 1 heterocycles. The SMILES string of the molecule is Cn1cc([N+](=O)[O-])c(=O)n(CC2(CS)CCCCC2)c1=O. The molecule has 0 aliphatic heterocycles. The molecule has 0 saturated heterocycles. The molecule has 2 rings (SSSR count). The van der Waals surface area contributed by atoms with Gasteiger partial charge in [-0.15, -0.1) is 0 Å². The van der Waals surface area contributed by atoms with E-state index < -0.39 is 21.9 Å². The lowest BCUT2D eigenvalue weighted by Gasteiger charge is -2.36. The van der Waals surface area contributed by atoms with Crippen LogP contribution < -0.4 is 11.2 Å². The van der Waals surface area contributed by atoms with E-state index in [1.54, 1.807) is 0 Å². The molecule has 116 valence electrons. The highest BCUT2D eigenvalue weighted by Crippen LogP contribution is 2.38. The molecule has 1 aromatic rings. The Balaban J connectivity index is 2.50. The summed E-state index contributed by atoms with van der Waals surface area (Å²) in [6.45, 7) is 0.198. The molecule has 0 spiro atoms. The highest BCUT2D eigenvalue weighted by molar-refractivity contribution is 7.80. The van der Waals surface area contributed by atoms with Gasteiger partial charge in [0.1, 0.15) is 0 Å². The van der Waals surface area contributed by atoms with Crippen LogP contribution in [0, 0.1) is 15.5 Å². The second kappa shape index (κ2) is 6.05. The molecule has 0 atom stereocenters. The predicted molar refractivity (Wildman–Crippen MR) is 82.0 cm³/mol. The van der Waals surface area contributed by atoms with Gasteiger partial charge in [0.25, 0.3) is 0 Å². The molecule has 7 nitrogen and oxygen atoms in total. The number of aromatic nitrogens is 2. The summed E-state index contributed by atoms with van der Waals surface area (Å²) in [4.78, 5) is 34.6. The van der Waals surface area contributed by atoms with Crippen molar-refractivity contribution in [3.8, 4) is 0 Å². The molecule has 0 bridgehead atoms. The topological polar surface area (TPSA) is 87.1 Å². The fourth-order valence-corrected chi connectivity index (χ4v) is 3.39. The van der Waals surface area contributed by atoms with Crippen molar-refractivity contribution in [2.24, 2.45) is 12.5 Å². The zero-order valence-electron chi connectivity index (χ0n) is 11.9. The van der Waals surface area contributed by atoms with Crippen molar-refractivity contribution in [1.29, 1.82) is 0 Å². The van der Waals surface area contributed by atoms with Crippen LogP contribution in [-0.4, -0.2) is 19.8 Å². The molecule has 1 aliphatic carbocycles. The number of thiol groups is 1. The summed E-state index contributed by atoms with van der Waals surface area (Å²) in [6.07, 6.45) is 5.95. The van der Waals surface area contributed by atoms with Crippen LogP contribution in [-0.2, 0) is 13.6 Å². The number of hydrogen-bond acceptors (Lipinski definition) is 5. The molecule has 0 aromatic carbocycles. The van der Waals surface area contributed by atoms with E-state index in [0.29, 0.717) is 5.75 Å². The maximum absolute atomic E-state index is 12.2. The fraction of sp³-hybridized carbons (Fsp3) is 0.692. The van der Waals surface area contributed by atoms with Gasteiger partial charge in [-0.1, -0.05) is 19.3 Å². The van der Waals surface area contributed by atoms with Crippen LogP contribution in [0.4, 0.5) is 5.69 Å². The van der Waals surface area contributed by atoms with Crippen LogP contribution in [0.3, 0.4) is 0 Å². The van der Waals surface area contributed by atoms with E-state index in [1.807, 2.05) is 0 Å². The summed E-state index contributed by atoms with van der Waals surface area (Å²) < 4.78 is 2.09. The van der Waals surface area contributed by atoms with Crippen molar-refractivity contribution in [1.82, 2.24) is 9.13 Å². The molecule has 1 aliphatic rings. The van der Waals surface area contributed by atoms with Gasteiger partial charge in [-0.05, 0) is 24.0 Å². The largest absolute Gasteiger partial charge is 0.350 e. The smallest absolute Gasteiger partial charge is 0.297 e. The Labute approximate surface area is 127 Å². The Morgan fingerprint density at radius 1 is 1.33 bits per heavy atom. The van der Waals surface area contributed by atoms with Crippen LogP contribution in [0.1, 0.15) is 32.1 Å². The van der Waals surface area contributed by atoms with Gasteiger partial charge in [0.15, 0.2) is 0 Å². The van der Waals surface area contributed by atoms with E-state index in [0.717, 1.165) is 47.4 Å². The lowest BCUT2D eigenvalue weighted by atomic mass is 9.75. The van der Waals surface area contributed by atoms with Gasteiger partial charge in [0.2, 0.25) is 0 Å². The summed E-state index contributed by atoms with van der Waals surface area (Å²) in [6, 6.07) is 0. The Morgan fingerprint density at radius 2 is 1.95 bits per heavy atom. The zero-order chi connectivity index (χ0) is 15.6. The number of aryl methyl sites for hydroxylation is 1. The highest BCUT2D eigenvalue weighted by atomic mass is 32.1. The molecular weight excluding hydrogens is 294 g/mol. The summed E-state index contributed by atoms with van der Waals surface area (Å²) in [5, 5.41) is 10.9. The molecule has 21 heavy (non-hydrogen) atoms. The normalized spacial score (nSPS) is 17.6. The van der Waals surface area contributed by atoms with E-state index in [4.69, 9.17) is 0 Å². The summed E-state index contributed by atoms with van der Waals surface area (Å²) in [5.41, 5.74) is -2.14. The van der Waals surface area contributed by atoms with Crippen LogP contribution >= 0.6 is 12.6 Å². The average molecular weight is 313 g/mol. The molecular formula is C13H19N3O4S. The highest BCUT2D eigenvalue weighted by Gasteiger charge is 2.33. The van der Waals surface area contributed by atoms with Gasteiger partial charge in [-0.2, -0.15) is 12.6 Å². The zero-order valence-corrected chi connectivity index (χ0v) is 12.8. The number of hydrogen-bond donors (Lipinski definition) is 1. The number of nitro groups is 1. The third kappa shape index (κ3) is 3.04. The lowest BCUT2D eigenvalue weighted by molar-refractivity contribution is -0.387. The van der Waals surface area contributed by atoms with Crippen molar-refractivity contribution in [3.05, 3.63) is 37.1 Å². The van der Waals surface area contributed by atoms with Crippen molar-refractivity contribution >= 4 is 18.3 Å². The Morgan fingerprint density at radius 3 is 2.48 bits per heavy atom. The second-order valence-electron chi connectivity index (χ2n) is 5.78. The van der Waals surface area contributed by atoms with E-state index >= 15 is 0 Å². The van der Waals surface area contributed by atoms with Gasteiger partial charge in [0.05, 0.1) is 11.1 Å². The first-order valence-corrected chi connectivity index (χ1v) is 7.59. The minimum Gasteiger partial charge on any atom is -0.297 e. The van der Waals surface area contributed by atoms with Crippen LogP contribution in [0.5, 0.6) is 0 Å². The first kappa shape index (κ1) is 15.8. The third-order valence-corrected chi connectivity index (χ3v) is 4.92. The first-order valence-electron chi connectivity index (χ1n) is 6.96.